The van der Waals surface area contributed by atoms with Gasteiger partial charge in [-0.15, -0.1) is 0 Å². The molecule has 6 heteroatoms. The van der Waals surface area contributed by atoms with Crippen molar-refractivity contribution in [3.05, 3.63) is 53.3 Å². The monoisotopic (exact) mass is 398 g/mol. The van der Waals surface area contributed by atoms with Gasteiger partial charge in [-0.05, 0) is 43.2 Å². The Morgan fingerprint density at radius 2 is 1.82 bits per heavy atom. The number of piperazine rings is 1. The number of aromatic nitrogens is 1. The van der Waals surface area contributed by atoms with E-state index in [4.69, 9.17) is 11.6 Å². The third kappa shape index (κ3) is 4.58. The molecule has 148 valence electrons. The molecule has 0 bridgehead atoms. The second-order valence-electron chi connectivity index (χ2n) is 7.67. The Labute approximate surface area is 171 Å². The van der Waals surface area contributed by atoms with Crippen LogP contribution in [0.3, 0.4) is 0 Å². The van der Waals surface area contributed by atoms with E-state index in [0.29, 0.717) is 24.8 Å². The molecule has 1 aromatic heterocycles. The molecule has 1 amide bonds. The lowest BCUT2D eigenvalue weighted by Crippen LogP contribution is -2.49. The zero-order valence-electron chi connectivity index (χ0n) is 16.1. The number of nitrogens with zero attached hydrogens (tertiary/aromatic N) is 3. The summed E-state index contributed by atoms with van der Waals surface area (Å²) < 4.78 is 0. The van der Waals surface area contributed by atoms with Crippen LogP contribution >= 0.6 is 11.6 Å². The number of halogens is 1. The van der Waals surface area contributed by atoms with Crippen LogP contribution in [-0.4, -0.2) is 48.0 Å². The van der Waals surface area contributed by atoms with Gasteiger partial charge >= 0.3 is 0 Å². The maximum absolute atomic E-state index is 12.8. The van der Waals surface area contributed by atoms with Crippen molar-refractivity contribution in [1.82, 2.24) is 9.88 Å². The predicted molar refractivity (Wildman–Crippen MR) is 114 cm³/mol. The summed E-state index contributed by atoms with van der Waals surface area (Å²) in [5.74, 6) is 0.00922. The van der Waals surface area contributed by atoms with Crippen molar-refractivity contribution >= 4 is 28.9 Å². The third-order valence-corrected chi connectivity index (χ3v) is 5.93. The number of benzene rings is 1. The minimum Gasteiger partial charge on any atom is -0.381 e. The van der Waals surface area contributed by atoms with Gasteiger partial charge in [0.15, 0.2) is 0 Å². The van der Waals surface area contributed by atoms with Crippen molar-refractivity contribution in [2.75, 3.05) is 36.4 Å². The Hall–Kier alpha value is -2.27. The summed E-state index contributed by atoms with van der Waals surface area (Å²) in [4.78, 5) is 21.4. The molecule has 1 saturated carbocycles. The number of rotatable bonds is 4. The van der Waals surface area contributed by atoms with Crippen molar-refractivity contribution in [3.8, 4) is 0 Å². The van der Waals surface area contributed by atoms with Gasteiger partial charge in [0.1, 0.15) is 5.69 Å². The molecule has 2 aliphatic rings. The highest BCUT2D eigenvalue weighted by Gasteiger charge is 2.23. The fourth-order valence-corrected chi connectivity index (χ4v) is 4.28. The van der Waals surface area contributed by atoms with Gasteiger partial charge in [0.05, 0.1) is 11.9 Å². The number of carbonyl (C=O) groups excluding carboxylic acids is 1. The smallest absolute Gasteiger partial charge is 0.272 e. The van der Waals surface area contributed by atoms with Gasteiger partial charge in [-0.1, -0.05) is 36.9 Å². The lowest BCUT2D eigenvalue weighted by molar-refractivity contribution is 0.0741. The number of carbonyl (C=O) groups is 1. The van der Waals surface area contributed by atoms with E-state index in [0.717, 1.165) is 29.5 Å². The molecule has 1 saturated heterocycles. The Balaban J connectivity index is 1.32. The van der Waals surface area contributed by atoms with Crippen LogP contribution in [0, 0.1) is 0 Å². The van der Waals surface area contributed by atoms with Crippen molar-refractivity contribution in [3.63, 3.8) is 0 Å². The van der Waals surface area contributed by atoms with Gasteiger partial charge < -0.3 is 15.1 Å². The SMILES string of the molecule is O=C(c1ccc(NC2CCCCC2)cn1)N1CCN(c2cccc(Cl)c2)CC1. The maximum atomic E-state index is 12.8. The number of pyridine rings is 1. The van der Waals surface area contributed by atoms with Gasteiger partial charge in [0, 0.05) is 42.9 Å². The minimum atomic E-state index is 0.00922. The normalized spacial score (nSPS) is 18.2. The van der Waals surface area contributed by atoms with E-state index >= 15 is 0 Å². The van der Waals surface area contributed by atoms with Crippen molar-refractivity contribution in [1.29, 1.82) is 0 Å². The van der Waals surface area contributed by atoms with Crippen LogP contribution < -0.4 is 10.2 Å². The zero-order chi connectivity index (χ0) is 19.3. The van der Waals surface area contributed by atoms with Crippen molar-refractivity contribution in [2.45, 2.75) is 38.1 Å². The molecule has 4 rings (SSSR count). The van der Waals surface area contributed by atoms with E-state index in [9.17, 15) is 4.79 Å². The highest BCUT2D eigenvalue weighted by atomic mass is 35.5. The van der Waals surface area contributed by atoms with E-state index in [2.05, 4.69) is 21.3 Å². The molecule has 1 aromatic carbocycles. The first-order valence-corrected chi connectivity index (χ1v) is 10.6. The van der Waals surface area contributed by atoms with E-state index in [-0.39, 0.29) is 5.91 Å². The lowest BCUT2D eigenvalue weighted by atomic mass is 9.95. The molecule has 1 aliphatic heterocycles. The lowest BCUT2D eigenvalue weighted by Gasteiger charge is -2.36. The molecule has 2 heterocycles. The largest absolute Gasteiger partial charge is 0.381 e. The first kappa shape index (κ1) is 19.1. The second kappa shape index (κ2) is 8.82. The van der Waals surface area contributed by atoms with Gasteiger partial charge in [-0.2, -0.15) is 0 Å². The van der Waals surface area contributed by atoms with Crippen LogP contribution in [0.5, 0.6) is 0 Å². The van der Waals surface area contributed by atoms with Gasteiger partial charge in [0.2, 0.25) is 0 Å². The average Bonchev–Trinajstić information content (AvgIpc) is 2.75. The van der Waals surface area contributed by atoms with Gasteiger partial charge in [-0.3, -0.25) is 4.79 Å². The molecule has 5 nitrogen and oxygen atoms in total. The van der Waals surface area contributed by atoms with Crippen LogP contribution in [-0.2, 0) is 0 Å². The summed E-state index contributed by atoms with van der Waals surface area (Å²) in [6, 6.07) is 12.2. The topological polar surface area (TPSA) is 48.5 Å². The average molecular weight is 399 g/mol. The molecule has 0 atom stereocenters. The second-order valence-corrected chi connectivity index (χ2v) is 8.11. The zero-order valence-corrected chi connectivity index (χ0v) is 16.9. The Kier molecular flexibility index (Phi) is 6.01. The molecule has 0 unspecified atom stereocenters. The summed E-state index contributed by atoms with van der Waals surface area (Å²) >= 11 is 6.09. The molecule has 0 radical (unpaired) electrons. The van der Waals surface area contributed by atoms with Crippen LogP contribution in [0.4, 0.5) is 11.4 Å². The Bertz CT molecular complexity index is 796. The molecule has 2 aromatic rings. The first-order chi connectivity index (χ1) is 13.7. The molecule has 1 N–H and O–H groups in total. The summed E-state index contributed by atoms with van der Waals surface area (Å²) in [7, 11) is 0. The molecular weight excluding hydrogens is 372 g/mol. The van der Waals surface area contributed by atoms with Crippen LogP contribution in [0.25, 0.3) is 0 Å². The molecule has 2 fully saturated rings. The summed E-state index contributed by atoms with van der Waals surface area (Å²) in [5.41, 5.74) is 2.63. The summed E-state index contributed by atoms with van der Waals surface area (Å²) in [6.07, 6.45) is 8.17. The van der Waals surface area contributed by atoms with E-state index in [1.165, 1.54) is 32.1 Å². The molecule has 28 heavy (non-hydrogen) atoms. The van der Waals surface area contributed by atoms with Crippen LogP contribution in [0.2, 0.25) is 5.02 Å². The van der Waals surface area contributed by atoms with E-state index in [1.54, 1.807) is 6.20 Å². The fourth-order valence-electron chi connectivity index (χ4n) is 4.09. The van der Waals surface area contributed by atoms with Crippen LogP contribution in [0.1, 0.15) is 42.6 Å². The van der Waals surface area contributed by atoms with Crippen LogP contribution in [0.15, 0.2) is 42.6 Å². The maximum Gasteiger partial charge on any atom is 0.272 e. The van der Waals surface area contributed by atoms with E-state index in [1.807, 2.05) is 35.2 Å². The summed E-state index contributed by atoms with van der Waals surface area (Å²) in [5, 5.41) is 4.29. The molecule has 1 aliphatic carbocycles. The number of nitrogens with one attached hydrogen (secondary N) is 1. The Morgan fingerprint density at radius 3 is 2.50 bits per heavy atom. The first-order valence-electron chi connectivity index (χ1n) is 10.2. The van der Waals surface area contributed by atoms with E-state index < -0.39 is 0 Å². The third-order valence-electron chi connectivity index (χ3n) is 5.70. The molecule has 0 spiro atoms. The minimum absolute atomic E-state index is 0.00922. The molecular formula is C22H27ClN4O. The number of amides is 1. The Morgan fingerprint density at radius 1 is 1.04 bits per heavy atom. The summed E-state index contributed by atoms with van der Waals surface area (Å²) in [6.45, 7) is 2.98. The fraction of sp³-hybridized carbons (Fsp3) is 0.455. The number of hydrogen-bond donors (Lipinski definition) is 1. The highest BCUT2D eigenvalue weighted by molar-refractivity contribution is 6.30. The number of anilines is 2. The van der Waals surface area contributed by atoms with Crippen molar-refractivity contribution < 1.29 is 4.79 Å². The quantitative estimate of drug-likeness (QED) is 0.826. The van der Waals surface area contributed by atoms with Crippen molar-refractivity contribution in [2.24, 2.45) is 0 Å². The highest BCUT2D eigenvalue weighted by Crippen LogP contribution is 2.23. The predicted octanol–water partition coefficient (Wildman–Crippen LogP) is 4.44. The van der Waals surface area contributed by atoms with Gasteiger partial charge in [-0.25, -0.2) is 4.98 Å². The number of hydrogen-bond acceptors (Lipinski definition) is 4. The standard InChI is InChI=1S/C22H27ClN4O/c23-17-5-4-8-20(15-17)26-11-13-27(14-12-26)22(28)21-10-9-19(16-24-21)25-18-6-2-1-3-7-18/h4-5,8-10,15-16,18,25H,1-3,6-7,11-14H2. The van der Waals surface area contributed by atoms with Gasteiger partial charge in [0.25, 0.3) is 5.91 Å².